The van der Waals surface area contributed by atoms with Crippen molar-refractivity contribution >= 4 is 29.3 Å². The monoisotopic (exact) mass is 346 g/mol. The Bertz CT molecular complexity index is 527. The van der Waals surface area contributed by atoms with Gasteiger partial charge in [-0.1, -0.05) is 25.4 Å². The Hall–Kier alpha value is -1.00. The molecule has 0 aromatic carbocycles. The third-order valence-electron chi connectivity index (χ3n) is 3.12. The molecule has 0 bridgehead atoms. The number of rotatable bonds is 4. The van der Waals surface area contributed by atoms with Gasteiger partial charge in [-0.05, 0) is 38.3 Å². The summed E-state index contributed by atoms with van der Waals surface area (Å²) in [4.78, 5) is 18.3. The van der Waals surface area contributed by atoms with E-state index in [0.29, 0.717) is 5.02 Å². The molecule has 22 heavy (non-hydrogen) atoms. The maximum atomic E-state index is 12.4. The molecule has 1 heterocycles. The highest BCUT2D eigenvalue weighted by molar-refractivity contribution is 6.30. The standard InChI is InChI=1S/C16H24Cl2N2O2/c1-10(2)14(20(6)15(21)22-16(3,4)5)13-11(8-17)7-12(18)9-19-13/h7,9-10,14H,8H2,1-6H3/t14-/m1/s1. The van der Waals surface area contributed by atoms with Crippen molar-refractivity contribution in [1.82, 2.24) is 9.88 Å². The van der Waals surface area contributed by atoms with Crippen molar-refractivity contribution in [3.63, 3.8) is 0 Å². The van der Waals surface area contributed by atoms with Crippen LogP contribution < -0.4 is 0 Å². The molecule has 1 aromatic heterocycles. The molecule has 0 saturated heterocycles. The van der Waals surface area contributed by atoms with Gasteiger partial charge in [0.05, 0.1) is 16.8 Å². The summed E-state index contributed by atoms with van der Waals surface area (Å²) in [6.45, 7) is 9.58. The van der Waals surface area contributed by atoms with Gasteiger partial charge in [-0.2, -0.15) is 0 Å². The summed E-state index contributed by atoms with van der Waals surface area (Å²) in [6, 6.07) is 1.55. The average Bonchev–Trinajstić information content (AvgIpc) is 2.38. The van der Waals surface area contributed by atoms with Crippen LogP contribution >= 0.6 is 23.2 Å². The minimum absolute atomic E-state index is 0.146. The molecule has 0 N–H and O–H groups in total. The van der Waals surface area contributed by atoms with E-state index in [0.717, 1.165) is 11.3 Å². The van der Waals surface area contributed by atoms with Crippen LogP contribution in [0.25, 0.3) is 0 Å². The predicted molar refractivity (Wildman–Crippen MR) is 90.4 cm³/mol. The van der Waals surface area contributed by atoms with Gasteiger partial charge in [-0.15, -0.1) is 11.6 Å². The molecule has 0 saturated carbocycles. The largest absolute Gasteiger partial charge is 0.444 e. The first-order valence-corrected chi connectivity index (χ1v) is 8.14. The van der Waals surface area contributed by atoms with Crippen LogP contribution in [0, 0.1) is 5.92 Å². The molecule has 0 unspecified atom stereocenters. The number of aromatic nitrogens is 1. The Kier molecular flexibility index (Phi) is 6.50. The summed E-state index contributed by atoms with van der Waals surface area (Å²) < 4.78 is 5.45. The van der Waals surface area contributed by atoms with Crippen LogP contribution in [0.1, 0.15) is 51.9 Å². The number of alkyl halides is 1. The van der Waals surface area contributed by atoms with Crippen LogP contribution in [0.3, 0.4) is 0 Å². The van der Waals surface area contributed by atoms with Crippen LogP contribution in [-0.2, 0) is 10.6 Å². The van der Waals surface area contributed by atoms with Crippen molar-refractivity contribution in [2.24, 2.45) is 5.92 Å². The van der Waals surface area contributed by atoms with Gasteiger partial charge in [0.1, 0.15) is 5.60 Å². The number of hydrogen-bond donors (Lipinski definition) is 0. The second-order valence-electron chi connectivity index (χ2n) is 6.61. The summed E-state index contributed by atoms with van der Waals surface area (Å²) in [7, 11) is 1.72. The van der Waals surface area contributed by atoms with E-state index in [-0.39, 0.29) is 23.9 Å². The lowest BCUT2D eigenvalue weighted by Gasteiger charge is -2.33. The Morgan fingerprint density at radius 3 is 2.45 bits per heavy atom. The number of nitrogens with zero attached hydrogens (tertiary/aromatic N) is 2. The molecule has 6 heteroatoms. The molecule has 124 valence electrons. The summed E-state index contributed by atoms with van der Waals surface area (Å²) in [6.07, 6.45) is 1.19. The first-order valence-electron chi connectivity index (χ1n) is 7.23. The first-order chi connectivity index (χ1) is 10.1. The molecular weight excluding hydrogens is 323 g/mol. The maximum Gasteiger partial charge on any atom is 0.410 e. The van der Waals surface area contributed by atoms with Crippen LogP contribution in [0.2, 0.25) is 5.02 Å². The highest BCUT2D eigenvalue weighted by Crippen LogP contribution is 2.31. The molecule has 4 nitrogen and oxygen atoms in total. The summed E-state index contributed by atoms with van der Waals surface area (Å²) in [5.74, 6) is 0.432. The van der Waals surface area contributed by atoms with E-state index in [4.69, 9.17) is 27.9 Å². The quantitative estimate of drug-likeness (QED) is 0.717. The van der Waals surface area contributed by atoms with Gasteiger partial charge in [0.25, 0.3) is 0 Å². The van der Waals surface area contributed by atoms with E-state index >= 15 is 0 Å². The van der Waals surface area contributed by atoms with Gasteiger partial charge >= 0.3 is 6.09 Å². The third-order valence-corrected chi connectivity index (χ3v) is 3.62. The van der Waals surface area contributed by atoms with Gasteiger partial charge < -0.3 is 9.64 Å². The molecule has 0 spiro atoms. The van der Waals surface area contributed by atoms with E-state index in [2.05, 4.69) is 4.98 Å². The predicted octanol–water partition coefficient (Wildman–Crippen LogP) is 5.04. The van der Waals surface area contributed by atoms with Crippen LogP contribution in [-0.4, -0.2) is 28.6 Å². The Morgan fingerprint density at radius 1 is 1.41 bits per heavy atom. The van der Waals surface area contributed by atoms with Gasteiger partial charge in [0, 0.05) is 19.1 Å². The molecule has 1 amide bonds. The normalized spacial score (nSPS) is 13.1. The fourth-order valence-electron chi connectivity index (χ4n) is 2.26. The van der Waals surface area contributed by atoms with Crippen molar-refractivity contribution in [3.8, 4) is 0 Å². The maximum absolute atomic E-state index is 12.4. The van der Waals surface area contributed by atoms with E-state index in [9.17, 15) is 4.79 Å². The van der Waals surface area contributed by atoms with Crippen molar-refractivity contribution in [3.05, 3.63) is 28.5 Å². The Morgan fingerprint density at radius 2 is 2.00 bits per heavy atom. The van der Waals surface area contributed by atoms with Crippen LogP contribution in [0.15, 0.2) is 12.3 Å². The summed E-state index contributed by atoms with van der Waals surface area (Å²) in [5, 5.41) is 0.529. The number of carbonyl (C=O) groups excluding carboxylic acids is 1. The van der Waals surface area contributed by atoms with Gasteiger partial charge in [0.2, 0.25) is 0 Å². The molecule has 0 fully saturated rings. The fraction of sp³-hybridized carbons (Fsp3) is 0.625. The van der Waals surface area contributed by atoms with E-state index < -0.39 is 5.60 Å². The zero-order valence-corrected chi connectivity index (χ0v) is 15.5. The molecule has 0 radical (unpaired) electrons. The lowest BCUT2D eigenvalue weighted by Crippen LogP contribution is -2.39. The summed E-state index contributed by atoms with van der Waals surface area (Å²) in [5.41, 5.74) is 1.03. The van der Waals surface area contributed by atoms with Crippen molar-refractivity contribution in [2.45, 2.75) is 52.1 Å². The van der Waals surface area contributed by atoms with E-state index in [1.807, 2.05) is 34.6 Å². The molecule has 1 aromatic rings. The number of pyridine rings is 1. The van der Waals surface area contributed by atoms with Crippen molar-refractivity contribution in [1.29, 1.82) is 0 Å². The highest BCUT2D eigenvalue weighted by atomic mass is 35.5. The lowest BCUT2D eigenvalue weighted by atomic mass is 9.96. The Labute approximate surface area is 142 Å². The van der Waals surface area contributed by atoms with Gasteiger partial charge in [-0.3, -0.25) is 4.98 Å². The van der Waals surface area contributed by atoms with Crippen molar-refractivity contribution < 1.29 is 9.53 Å². The lowest BCUT2D eigenvalue weighted by molar-refractivity contribution is 0.0170. The number of carbonyl (C=O) groups is 1. The molecule has 0 aliphatic carbocycles. The molecule has 1 atom stereocenters. The molecular formula is C16H24Cl2N2O2. The van der Waals surface area contributed by atoms with Crippen molar-refractivity contribution in [2.75, 3.05) is 7.05 Å². The van der Waals surface area contributed by atoms with Crippen LogP contribution in [0.5, 0.6) is 0 Å². The second kappa shape index (κ2) is 7.51. The first kappa shape index (κ1) is 19.0. The highest BCUT2D eigenvalue weighted by Gasteiger charge is 2.30. The topological polar surface area (TPSA) is 42.4 Å². The molecule has 1 rings (SSSR count). The third kappa shape index (κ3) is 5.03. The number of amides is 1. The van der Waals surface area contributed by atoms with E-state index in [1.54, 1.807) is 24.2 Å². The van der Waals surface area contributed by atoms with Gasteiger partial charge in [0.15, 0.2) is 0 Å². The minimum atomic E-state index is -0.546. The number of halogens is 2. The fourth-order valence-corrected chi connectivity index (χ4v) is 2.65. The number of hydrogen-bond acceptors (Lipinski definition) is 3. The zero-order valence-electron chi connectivity index (χ0n) is 14.0. The smallest absolute Gasteiger partial charge is 0.410 e. The molecule has 0 aliphatic heterocycles. The van der Waals surface area contributed by atoms with Crippen LogP contribution in [0.4, 0.5) is 4.79 Å². The minimum Gasteiger partial charge on any atom is -0.444 e. The summed E-state index contributed by atoms with van der Waals surface area (Å²) >= 11 is 12.0. The number of ether oxygens (including phenoxy) is 1. The zero-order chi connectivity index (χ0) is 17.1. The second-order valence-corrected chi connectivity index (χ2v) is 7.32. The average molecular weight is 347 g/mol. The molecule has 0 aliphatic rings. The van der Waals surface area contributed by atoms with Gasteiger partial charge in [-0.25, -0.2) is 4.79 Å². The van der Waals surface area contributed by atoms with E-state index in [1.165, 1.54) is 0 Å². The SMILES string of the molecule is CC(C)[C@H](c1ncc(Cl)cc1CCl)N(C)C(=O)OC(C)(C)C. The Balaban J connectivity index is 3.16.